The summed E-state index contributed by atoms with van der Waals surface area (Å²) in [6.45, 7) is 0. The first-order chi connectivity index (χ1) is 9.06. The highest BCUT2D eigenvalue weighted by atomic mass is 127. The minimum Gasteiger partial charge on any atom is -0.171 e. The van der Waals surface area contributed by atoms with Crippen LogP contribution in [0.2, 0.25) is 0 Å². The average Bonchev–Trinajstić information content (AvgIpc) is 2.28. The molecule has 0 N–H and O–H groups in total. The van der Waals surface area contributed by atoms with Crippen molar-refractivity contribution in [3.05, 3.63) is 0 Å². The zero-order chi connectivity index (χ0) is 15.8. The van der Waals surface area contributed by atoms with Gasteiger partial charge in [0.15, 0.2) is 0 Å². The Bertz CT molecular complexity index is 253. The molecule has 0 aromatic heterocycles. The van der Waals surface area contributed by atoms with E-state index in [0.29, 0.717) is 24.6 Å². The highest BCUT2D eigenvalue weighted by Gasteiger charge is 2.39. The van der Waals surface area contributed by atoms with Gasteiger partial charge in [-0.05, 0) is 19.3 Å². The molecule has 0 aromatic rings. The van der Waals surface area contributed by atoms with Gasteiger partial charge in [0, 0.05) is 15.7 Å². The van der Waals surface area contributed by atoms with Crippen LogP contribution in [0.4, 0.5) is 26.3 Å². The van der Waals surface area contributed by atoms with E-state index >= 15 is 0 Å². The minimum absolute atomic E-state index is 0.00200. The molecule has 0 spiro atoms. The molecule has 0 fully saturated rings. The molecule has 0 aliphatic heterocycles. The Morgan fingerprint density at radius 2 is 1.45 bits per heavy atom. The Morgan fingerprint density at radius 3 is 1.90 bits per heavy atom. The third-order valence-corrected chi connectivity index (χ3v) is 5.87. The maximum atomic E-state index is 12.8. The van der Waals surface area contributed by atoms with Crippen LogP contribution in [-0.2, 0) is 0 Å². The molecule has 0 bridgehead atoms. The molecule has 0 heterocycles. The smallest absolute Gasteiger partial charge is 0.171 e. The first kappa shape index (κ1) is 20.8. The summed E-state index contributed by atoms with van der Waals surface area (Å²) in [5.41, 5.74) is 0. The Kier molecular flexibility index (Phi) is 10.1. The Labute approximate surface area is 137 Å². The summed E-state index contributed by atoms with van der Waals surface area (Å²) in [5, 5.41) is 0.506. The molecular formula is C12H18BrF6I. The third kappa shape index (κ3) is 11.4. The van der Waals surface area contributed by atoms with Crippen molar-refractivity contribution in [3.8, 4) is 0 Å². The van der Waals surface area contributed by atoms with E-state index in [1.54, 1.807) is 0 Å². The zero-order valence-corrected chi connectivity index (χ0v) is 14.6. The lowest BCUT2D eigenvalue weighted by Crippen LogP contribution is -2.26. The van der Waals surface area contributed by atoms with Gasteiger partial charge in [0.25, 0.3) is 0 Å². The van der Waals surface area contributed by atoms with Crippen LogP contribution in [0.3, 0.4) is 0 Å². The molecule has 8 heteroatoms. The van der Waals surface area contributed by atoms with Crippen LogP contribution in [0, 0.1) is 5.92 Å². The summed E-state index contributed by atoms with van der Waals surface area (Å²) in [5.74, 6) is -1.36. The topological polar surface area (TPSA) is 0 Å². The van der Waals surface area contributed by atoms with Gasteiger partial charge in [-0.15, -0.1) is 0 Å². The summed E-state index contributed by atoms with van der Waals surface area (Å²) in [4.78, 5) is 0. The van der Waals surface area contributed by atoms with E-state index in [0.717, 1.165) is 0 Å². The van der Waals surface area contributed by atoms with Crippen LogP contribution in [0.15, 0.2) is 0 Å². The first-order valence-corrected chi connectivity index (χ1v) is 8.76. The molecule has 0 nitrogen and oxygen atoms in total. The predicted molar refractivity (Wildman–Crippen MR) is 79.5 cm³/mol. The number of alkyl halides is 8. The number of hydrogen-bond acceptors (Lipinski definition) is 0. The Hall–Kier alpha value is 0.790. The van der Waals surface area contributed by atoms with E-state index in [9.17, 15) is 26.3 Å². The quantitative estimate of drug-likeness (QED) is 0.149. The Balaban J connectivity index is 3.92. The number of unbranched alkanes of at least 4 members (excludes halogenated alkanes) is 3. The van der Waals surface area contributed by atoms with Crippen molar-refractivity contribution in [2.45, 2.75) is 61.2 Å². The molecule has 0 aliphatic carbocycles. The second kappa shape index (κ2) is 9.74. The average molecular weight is 483 g/mol. The fourth-order valence-electron chi connectivity index (χ4n) is 1.86. The lowest BCUT2D eigenvalue weighted by Gasteiger charge is -2.22. The van der Waals surface area contributed by atoms with Gasteiger partial charge in [-0.3, -0.25) is 0 Å². The Morgan fingerprint density at radius 1 is 0.900 bits per heavy atom. The van der Waals surface area contributed by atoms with Gasteiger partial charge in [0.2, 0.25) is 0 Å². The van der Waals surface area contributed by atoms with E-state index in [2.05, 4.69) is 15.9 Å². The van der Waals surface area contributed by atoms with Crippen molar-refractivity contribution in [2.75, 3.05) is 5.33 Å². The number of hydrogen-bond donors (Lipinski definition) is 0. The molecule has 0 aliphatic rings. The van der Waals surface area contributed by atoms with Crippen molar-refractivity contribution in [1.82, 2.24) is 0 Å². The molecule has 0 rings (SSSR count). The van der Waals surface area contributed by atoms with Crippen LogP contribution in [0.1, 0.15) is 44.9 Å². The van der Waals surface area contributed by atoms with Crippen molar-refractivity contribution < 1.29 is 26.3 Å². The van der Waals surface area contributed by atoms with Crippen molar-refractivity contribution in [3.63, 3.8) is 0 Å². The summed E-state index contributed by atoms with van der Waals surface area (Å²) < 4.78 is 73.9. The number of rotatable bonds is 9. The lowest BCUT2D eigenvalue weighted by molar-refractivity contribution is -0.177. The van der Waals surface area contributed by atoms with Gasteiger partial charge >= 0.3 is 12.4 Å². The summed E-state index contributed by atoms with van der Waals surface area (Å²) in [6, 6.07) is 0. The lowest BCUT2D eigenvalue weighted by atomic mass is 9.95. The van der Waals surface area contributed by atoms with Gasteiger partial charge in [-0.2, -0.15) is 26.3 Å². The standard InChI is InChI=1S/C12H18BrF6I/c13-8-10(20)7-9(12(17,18)19)5-3-1-2-4-6-11(14,15)16/h9-10H,1-8H2. The molecule has 0 amide bonds. The van der Waals surface area contributed by atoms with Crippen LogP contribution in [0.5, 0.6) is 0 Å². The second-order valence-corrected chi connectivity index (χ2v) is 7.20. The summed E-state index contributed by atoms with van der Waals surface area (Å²) >= 11 is 5.12. The SMILES string of the molecule is FC(F)(F)CCCCCCC(CC(I)CBr)C(F)(F)F. The van der Waals surface area contributed by atoms with Gasteiger partial charge in [-0.25, -0.2) is 0 Å². The minimum atomic E-state index is -4.22. The number of halogens is 8. The maximum Gasteiger partial charge on any atom is 0.391 e. The highest BCUT2D eigenvalue weighted by molar-refractivity contribution is 14.1. The van der Waals surface area contributed by atoms with Crippen LogP contribution >= 0.6 is 38.5 Å². The summed E-state index contributed by atoms with van der Waals surface area (Å²) in [7, 11) is 0. The summed E-state index contributed by atoms with van der Waals surface area (Å²) in [6.07, 6.45) is -8.12. The van der Waals surface area contributed by atoms with E-state index in [1.165, 1.54) is 0 Å². The van der Waals surface area contributed by atoms with Crippen LogP contribution in [0.25, 0.3) is 0 Å². The molecule has 0 saturated heterocycles. The van der Waals surface area contributed by atoms with E-state index in [1.807, 2.05) is 22.6 Å². The van der Waals surface area contributed by atoms with Gasteiger partial charge in [-0.1, -0.05) is 57.8 Å². The van der Waals surface area contributed by atoms with Gasteiger partial charge < -0.3 is 0 Å². The molecule has 122 valence electrons. The molecule has 0 aromatic carbocycles. The van der Waals surface area contributed by atoms with Gasteiger partial charge in [0.05, 0.1) is 5.92 Å². The van der Waals surface area contributed by atoms with E-state index in [-0.39, 0.29) is 23.2 Å². The first-order valence-electron chi connectivity index (χ1n) is 6.39. The van der Waals surface area contributed by atoms with Crippen molar-refractivity contribution >= 4 is 38.5 Å². The highest BCUT2D eigenvalue weighted by Crippen LogP contribution is 2.35. The third-order valence-electron chi connectivity index (χ3n) is 2.93. The van der Waals surface area contributed by atoms with Crippen LogP contribution in [-0.4, -0.2) is 21.6 Å². The zero-order valence-electron chi connectivity index (χ0n) is 10.8. The predicted octanol–water partition coefficient (Wildman–Crippen LogP) is 6.66. The van der Waals surface area contributed by atoms with Crippen LogP contribution < -0.4 is 0 Å². The largest absolute Gasteiger partial charge is 0.391 e. The monoisotopic (exact) mass is 482 g/mol. The fourth-order valence-corrected chi connectivity index (χ4v) is 2.73. The fraction of sp³-hybridized carbons (Fsp3) is 1.00. The molecule has 20 heavy (non-hydrogen) atoms. The van der Waals surface area contributed by atoms with Gasteiger partial charge in [0.1, 0.15) is 0 Å². The van der Waals surface area contributed by atoms with E-state index in [4.69, 9.17) is 0 Å². The normalized spacial score (nSPS) is 16.2. The van der Waals surface area contributed by atoms with Crippen molar-refractivity contribution in [1.29, 1.82) is 0 Å². The molecule has 2 unspecified atom stereocenters. The maximum absolute atomic E-state index is 12.8. The molecule has 2 atom stereocenters. The molecule has 0 saturated carbocycles. The van der Waals surface area contributed by atoms with E-state index < -0.39 is 24.7 Å². The molecule has 0 radical (unpaired) electrons. The van der Waals surface area contributed by atoms with Crippen molar-refractivity contribution in [2.24, 2.45) is 5.92 Å². The second-order valence-electron chi connectivity index (χ2n) is 4.79. The molecular weight excluding hydrogens is 465 g/mol.